The van der Waals surface area contributed by atoms with Crippen LogP contribution in [0.1, 0.15) is 6.42 Å². The molecule has 2 aliphatic rings. The molecule has 2 saturated heterocycles. The highest BCUT2D eigenvalue weighted by molar-refractivity contribution is 5.53. The van der Waals surface area contributed by atoms with E-state index >= 15 is 0 Å². The number of nitrogens with one attached hydrogen (secondary N) is 2. The van der Waals surface area contributed by atoms with Gasteiger partial charge in [-0.1, -0.05) is 12.1 Å². The van der Waals surface area contributed by atoms with Crippen LogP contribution >= 0.6 is 0 Å². The van der Waals surface area contributed by atoms with Crippen LogP contribution in [0.25, 0.3) is 4.85 Å². The number of hydrogen-bond donors (Lipinski definition) is 2. The van der Waals surface area contributed by atoms with E-state index in [9.17, 15) is 0 Å². The van der Waals surface area contributed by atoms with E-state index in [0.717, 1.165) is 51.4 Å². The zero-order chi connectivity index (χ0) is 14.5. The molecule has 2 N–H and O–H groups in total. The topological polar surface area (TPSA) is 40.9 Å². The lowest BCUT2D eigenvalue weighted by Crippen LogP contribution is -2.58. The molecular weight excluding hydrogens is 264 g/mol. The van der Waals surface area contributed by atoms with Gasteiger partial charge in [0, 0.05) is 45.0 Å². The fraction of sp³-hybridized carbons (Fsp3) is 0.562. The molecule has 2 fully saturated rings. The summed E-state index contributed by atoms with van der Waals surface area (Å²) in [7, 11) is 0. The molecule has 2 atom stereocenters. The first-order valence-corrected chi connectivity index (χ1v) is 7.63. The van der Waals surface area contributed by atoms with Crippen molar-refractivity contribution in [1.82, 2.24) is 10.2 Å². The lowest BCUT2D eigenvalue weighted by atomic mass is 10.1. The van der Waals surface area contributed by atoms with Gasteiger partial charge in [0.1, 0.15) is 0 Å². The monoisotopic (exact) mass is 286 g/mol. The normalized spacial score (nSPS) is 25.3. The SMILES string of the molecule is [C-]#[N+]c1ccc(NCCCN2CC3CNCC(C2)O3)cc1. The number of ether oxygens (including phenoxy) is 1. The van der Waals surface area contributed by atoms with Crippen molar-refractivity contribution < 1.29 is 4.74 Å². The average Bonchev–Trinajstić information content (AvgIpc) is 2.52. The molecule has 0 aromatic heterocycles. The van der Waals surface area contributed by atoms with Crippen LogP contribution in [-0.2, 0) is 4.74 Å². The minimum Gasteiger partial charge on any atom is -0.385 e. The second kappa shape index (κ2) is 6.90. The van der Waals surface area contributed by atoms with Crippen molar-refractivity contribution in [2.24, 2.45) is 0 Å². The number of nitrogens with zero attached hydrogens (tertiary/aromatic N) is 2. The van der Waals surface area contributed by atoms with Gasteiger partial charge in [-0.3, -0.25) is 4.90 Å². The molecule has 112 valence electrons. The first-order chi connectivity index (χ1) is 10.3. The van der Waals surface area contributed by atoms with Crippen molar-refractivity contribution in [3.63, 3.8) is 0 Å². The zero-order valence-electron chi connectivity index (χ0n) is 12.2. The molecule has 5 heteroatoms. The first kappa shape index (κ1) is 14.3. The predicted molar refractivity (Wildman–Crippen MR) is 83.8 cm³/mol. The molecule has 1 aromatic rings. The van der Waals surface area contributed by atoms with Gasteiger partial charge in [-0.25, -0.2) is 4.85 Å². The third-order valence-corrected chi connectivity index (χ3v) is 4.03. The maximum absolute atomic E-state index is 6.93. The van der Waals surface area contributed by atoms with Crippen LogP contribution in [0.15, 0.2) is 24.3 Å². The summed E-state index contributed by atoms with van der Waals surface area (Å²) in [6.07, 6.45) is 1.86. The molecule has 2 heterocycles. The molecule has 0 aliphatic carbocycles. The Kier molecular flexibility index (Phi) is 4.71. The molecule has 0 spiro atoms. The maximum Gasteiger partial charge on any atom is 0.187 e. The van der Waals surface area contributed by atoms with Crippen molar-refractivity contribution in [3.8, 4) is 0 Å². The summed E-state index contributed by atoms with van der Waals surface area (Å²) in [5.41, 5.74) is 1.78. The number of morpholine rings is 2. The molecule has 0 amide bonds. The summed E-state index contributed by atoms with van der Waals surface area (Å²) in [4.78, 5) is 5.91. The van der Waals surface area contributed by atoms with Gasteiger partial charge in [0.2, 0.25) is 0 Å². The molecule has 2 aliphatic heterocycles. The fourth-order valence-electron chi connectivity index (χ4n) is 3.01. The molecule has 21 heavy (non-hydrogen) atoms. The Hall–Kier alpha value is -1.61. The molecule has 5 nitrogen and oxygen atoms in total. The van der Waals surface area contributed by atoms with Gasteiger partial charge < -0.3 is 15.4 Å². The summed E-state index contributed by atoms with van der Waals surface area (Å²) >= 11 is 0. The van der Waals surface area contributed by atoms with Crippen molar-refractivity contribution in [3.05, 3.63) is 35.7 Å². The van der Waals surface area contributed by atoms with Crippen LogP contribution in [0.2, 0.25) is 0 Å². The first-order valence-electron chi connectivity index (χ1n) is 7.63. The van der Waals surface area contributed by atoms with Crippen LogP contribution in [0, 0.1) is 6.57 Å². The summed E-state index contributed by atoms with van der Waals surface area (Å²) in [5.74, 6) is 0. The molecular formula is C16H22N4O. The number of fused-ring (bicyclic) bond motifs is 2. The van der Waals surface area contributed by atoms with E-state index in [4.69, 9.17) is 11.3 Å². The number of rotatable bonds is 5. The third-order valence-electron chi connectivity index (χ3n) is 4.03. The number of anilines is 1. The van der Waals surface area contributed by atoms with Gasteiger partial charge in [-0.2, -0.15) is 0 Å². The van der Waals surface area contributed by atoms with E-state index in [1.165, 1.54) is 0 Å². The Labute approximate surface area is 126 Å². The van der Waals surface area contributed by atoms with E-state index < -0.39 is 0 Å². The lowest BCUT2D eigenvalue weighted by Gasteiger charge is -2.41. The Morgan fingerprint density at radius 1 is 1.24 bits per heavy atom. The third kappa shape index (κ3) is 3.94. The molecule has 0 saturated carbocycles. The van der Waals surface area contributed by atoms with Crippen LogP contribution in [0.5, 0.6) is 0 Å². The second-order valence-corrected chi connectivity index (χ2v) is 5.74. The Morgan fingerprint density at radius 3 is 2.62 bits per heavy atom. The Bertz CT molecular complexity index is 484. The molecule has 1 aromatic carbocycles. The number of benzene rings is 1. The van der Waals surface area contributed by atoms with E-state index in [1.54, 1.807) is 0 Å². The van der Waals surface area contributed by atoms with Crippen LogP contribution in [0.3, 0.4) is 0 Å². The standard InChI is InChI=1S/C16H22N4O/c1-17-13-3-5-14(6-4-13)19-7-2-8-20-11-15-9-18-10-16(12-20)21-15/h3-6,15-16,18-19H,2,7-12H2. The van der Waals surface area contributed by atoms with Gasteiger partial charge in [-0.05, 0) is 18.6 Å². The minimum absolute atomic E-state index is 0.367. The van der Waals surface area contributed by atoms with Crippen LogP contribution in [-0.4, -0.2) is 56.4 Å². The van der Waals surface area contributed by atoms with Gasteiger partial charge in [0.25, 0.3) is 0 Å². The predicted octanol–water partition coefficient (Wildman–Crippen LogP) is 1.71. The fourth-order valence-corrected chi connectivity index (χ4v) is 3.01. The van der Waals surface area contributed by atoms with E-state index in [0.29, 0.717) is 17.9 Å². The Morgan fingerprint density at radius 2 is 1.95 bits per heavy atom. The maximum atomic E-state index is 6.93. The Balaban J connectivity index is 1.37. The minimum atomic E-state index is 0.367. The average molecular weight is 286 g/mol. The van der Waals surface area contributed by atoms with Gasteiger partial charge in [0.15, 0.2) is 5.69 Å². The van der Waals surface area contributed by atoms with Crippen molar-refractivity contribution in [2.45, 2.75) is 18.6 Å². The van der Waals surface area contributed by atoms with E-state index in [1.807, 2.05) is 24.3 Å². The highest BCUT2D eigenvalue weighted by Crippen LogP contribution is 2.16. The quantitative estimate of drug-likeness (QED) is 0.639. The lowest BCUT2D eigenvalue weighted by molar-refractivity contribution is -0.102. The highest BCUT2D eigenvalue weighted by Gasteiger charge is 2.30. The van der Waals surface area contributed by atoms with Crippen molar-refractivity contribution in [2.75, 3.05) is 44.6 Å². The zero-order valence-corrected chi connectivity index (χ0v) is 12.2. The molecule has 2 bridgehead atoms. The van der Waals surface area contributed by atoms with Crippen LogP contribution < -0.4 is 10.6 Å². The van der Waals surface area contributed by atoms with E-state index in [2.05, 4.69) is 20.4 Å². The van der Waals surface area contributed by atoms with Crippen LogP contribution in [0.4, 0.5) is 11.4 Å². The van der Waals surface area contributed by atoms with Crippen molar-refractivity contribution >= 4 is 11.4 Å². The molecule has 3 rings (SSSR count). The highest BCUT2D eigenvalue weighted by atomic mass is 16.5. The van der Waals surface area contributed by atoms with Gasteiger partial charge in [0.05, 0.1) is 18.8 Å². The summed E-state index contributed by atoms with van der Waals surface area (Å²) < 4.78 is 5.91. The molecule has 2 unspecified atom stereocenters. The van der Waals surface area contributed by atoms with Gasteiger partial charge in [-0.15, -0.1) is 0 Å². The van der Waals surface area contributed by atoms with Gasteiger partial charge >= 0.3 is 0 Å². The number of hydrogen-bond acceptors (Lipinski definition) is 4. The smallest absolute Gasteiger partial charge is 0.187 e. The molecule has 0 radical (unpaired) electrons. The summed E-state index contributed by atoms with van der Waals surface area (Å²) in [5, 5.41) is 6.83. The summed E-state index contributed by atoms with van der Waals surface area (Å²) in [6, 6.07) is 7.65. The van der Waals surface area contributed by atoms with Crippen molar-refractivity contribution in [1.29, 1.82) is 0 Å². The largest absolute Gasteiger partial charge is 0.385 e. The van der Waals surface area contributed by atoms with E-state index in [-0.39, 0.29) is 0 Å². The summed E-state index contributed by atoms with van der Waals surface area (Å²) in [6.45, 7) is 13.1. The second-order valence-electron chi connectivity index (χ2n) is 5.74.